The number of hydrogen-bond acceptors (Lipinski definition) is 2. The van der Waals surface area contributed by atoms with E-state index in [0.29, 0.717) is 11.1 Å². The number of rotatable bonds is 2. The first-order valence-corrected chi connectivity index (χ1v) is 5.94. The number of carbonyl (C=O) groups is 1. The quantitative estimate of drug-likeness (QED) is 0.754. The van der Waals surface area contributed by atoms with Gasteiger partial charge in [0.05, 0.1) is 11.1 Å². The van der Waals surface area contributed by atoms with Crippen molar-refractivity contribution in [1.29, 1.82) is 0 Å². The van der Waals surface area contributed by atoms with Crippen LogP contribution in [0.15, 0.2) is 60.8 Å². The fourth-order valence-electron chi connectivity index (χ4n) is 2.24. The summed E-state index contributed by atoms with van der Waals surface area (Å²) in [6.07, 6.45) is 1.70. The highest BCUT2D eigenvalue weighted by atomic mass is 16.4. The van der Waals surface area contributed by atoms with E-state index in [0.717, 1.165) is 16.5 Å². The number of fused-ring (bicyclic) bond motifs is 1. The number of aromatic nitrogens is 1. The van der Waals surface area contributed by atoms with Crippen LogP contribution in [-0.2, 0) is 0 Å². The van der Waals surface area contributed by atoms with Crippen LogP contribution < -0.4 is 0 Å². The fraction of sp³-hybridized carbons (Fsp3) is 0. The Morgan fingerprint density at radius 2 is 1.63 bits per heavy atom. The lowest BCUT2D eigenvalue weighted by atomic mass is 9.97. The summed E-state index contributed by atoms with van der Waals surface area (Å²) in [5.74, 6) is -0.920. The van der Waals surface area contributed by atoms with Crippen LogP contribution in [0.5, 0.6) is 0 Å². The van der Waals surface area contributed by atoms with Gasteiger partial charge in [-0.25, -0.2) is 4.79 Å². The summed E-state index contributed by atoms with van der Waals surface area (Å²) in [6, 6.07) is 16.6. The number of pyridine rings is 1. The van der Waals surface area contributed by atoms with Gasteiger partial charge in [0.2, 0.25) is 0 Å². The summed E-state index contributed by atoms with van der Waals surface area (Å²) in [4.78, 5) is 15.6. The van der Waals surface area contributed by atoms with Crippen LogP contribution in [0, 0.1) is 0 Å². The van der Waals surface area contributed by atoms with Crippen LogP contribution in [0.25, 0.3) is 22.0 Å². The van der Waals surface area contributed by atoms with Gasteiger partial charge in [0.25, 0.3) is 0 Å². The van der Waals surface area contributed by atoms with Gasteiger partial charge in [0.15, 0.2) is 0 Å². The van der Waals surface area contributed by atoms with Gasteiger partial charge in [-0.05, 0) is 29.3 Å². The molecule has 3 rings (SSSR count). The second-order valence-electron chi connectivity index (χ2n) is 4.23. The zero-order chi connectivity index (χ0) is 13.2. The van der Waals surface area contributed by atoms with Crippen LogP contribution in [0.1, 0.15) is 10.4 Å². The molecule has 0 saturated carbocycles. The molecule has 1 N–H and O–H groups in total. The molecule has 0 unspecified atom stereocenters. The molecule has 0 aliphatic rings. The summed E-state index contributed by atoms with van der Waals surface area (Å²) in [7, 11) is 0. The molecule has 0 aliphatic carbocycles. The number of carboxylic acids is 1. The Hall–Kier alpha value is -2.68. The van der Waals surface area contributed by atoms with Gasteiger partial charge in [-0.2, -0.15) is 0 Å². The molecule has 0 bridgehead atoms. The second kappa shape index (κ2) is 4.53. The maximum absolute atomic E-state index is 11.3. The Morgan fingerprint density at radius 1 is 0.895 bits per heavy atom. The zero-order valence-electron chi connectivity index (χ0n) is 10.1. The van der Waals surface area contributed by atoms with Gasteiger partial charge in [-0.1, -0.05) is 36.4 Å². The molecule has 0 radical (unpaired) electrons. The lowest BCUT2D eigenvalue weighted by molar-refractivity contribution is 0.0698. The van der Waals surface area contributed by atoms with Gasteiger partial charge in [0.1, 0.15) is 0 Å². The zero-order valence-corrected chi connectivity index (χ0v) is 10.1. The molecule has 0 amide bonds. The molecule has 1 aromatic heterocycles. The number of carboxylic acid groups (broad SMARTS) is 1. The van der Waals surface area contributed by atoms with Crippen molar-refractivity contribution < 1.29 is 9.90 Å². The molecule has 0 fully saturated rings. The number of nitrogens with zero attached hydrogens (tertiary/aromatic N) is 1. The molecule has 3 aromatic rings. The van der Waals surface area contributed by atoms with Crippen molar-refractivity contribution in [2.75, 3.05) is 0 Å². The average Bonchev–Trinajstić information content (AvgIpc) is 2.46. The third kappa shape index (κ3) is 1.95. The normalized spacial score (nSPS) is 10.5. The van der Waals surface area contributed by atoms with Gasteiger partial charge in [0, 0.05) is 11.6 Å². The highest BCUT2D eigenvalue weighted by Crippen LogP contribution is 2.29. The highest BCUT2D eigenvalue weighted by molar-refractivity contribution is 6.02. The fourth-order valence-corrected chi connectivity index (χ4v) is 2.24. The van der Waals surface area contributed by atoms with E-state index in [1.165, 1.54) is 0 Å². The van der Waals surface area contributed by atoms with Crippen molar-refractivity contribution in [3.05, 3.63) is 66.4 Å². The van der Waals surface area contributed by atoms with E-state index >= 15 is 0 Å². The minimum absolute atomic E-state index is 0.304. The standard InChI is InChI=1S/C16H11NO2/c18-16(19)14-7-2-1-5-11(14)12-9-10-17-15-8-4-3-6-13(12)15/h1-10H,(H,18,19). The Bertz CT molecular complexity index is 760. The van der Waals surface area contributed by atoms with Gasteiger partial charge < -0.3 is 5.11 Å². The van der Waals surface area contributed by atoms with Gasteiger partial charge in [-0.3, -0.25) is 4.98 Å². The van der Waals surface area contributed by atoms with E-state index in [9.17, 15) is 9.90 Å². The van der Waals surface area contributed by atoms with Crippen molar-refractivity contribution in [3.8, 4) is 11.1 Å². The van der Waals surface area contributed by atoms with Gasteiger partial charge in [-0.15, -0.1) is 0 Å². The van der Waals surface area contributed by atoms with E-state index in [1.807, 2.05) is 42.5 Å². The maximum atomic E-state index is 11.3. The van der Waals surface area contributed by atoms with Crippen LogP contribution >= 0.6 is 0 Å². The first kappa shape index (κ1) is 11.4. The molecule has 3 heteroatoms. The van der Waals surface area contributed by atoms with Crippen molar-refractivity contribution in [2.24, 2.45) is 0 Å². The second-order valence-corrected chi connectivity index (χ2v) is 4.23. The minimum Gasteiger partial charge on any atom is -0.478 e. The average molecular weight is 249 g/mol. The molecule has 0 saturated heterocycles. The Kier molecular flexibility index (Phi) is 2.72. The summed E-state index contributed by atoms with van der Waals surface area (Å²) in [6.45, 7) is 0. The topological polar surface area (TPSA) is 50.2 Å². The number of para-hydroxylation sites is 1. The molecule has 19 heavy (non-hydrogen) atoms. The number of aromatic carboxylic acids is 1. The molecule has 0 spiro atoms. The maximum Gasteiger partial charge on any atom is 0.336 e. The van der Waals surface area contributed by atoms with E-state index in [-0.39, 0.29) is 0 Å². The Balaban J connectivity index is 2.34. The SMILES string of the molecule is O=C(O)c1ccccc1-c1ccnc2ccccc12. The first-order chi connectivity index (χ1) is 9.27. The lowest BCUT2D eigenvalue weighted by Gasteiger charge is -2.09. The third-order valence-corrected chi connectivity index (χ3v) is 3.10. The van der Waals surface area contributed by atoms with E-state index in [2.05, 4.69) is 4.98 Å². The Morgan fingerprint density at radius 3 is 2.47 bits per heavy atom. The Labute approximate surface area is 110 Å². The molecule has 1 heterocycles. The van der Waals surface area contributed by atoms with Crippen molar-refractivity contribution in [1.82, 2.24) is 4.98 Å². The van der Waals surface area contributed by atoms with Gasteiger partial charge >= 0.3 is 5.97 Å². The number of hydrogen-bond donors (Lipinski definition) is 1. The van der Waals surface area contributed by atoms with Crippen LogP contribution in [0.2, 0.25) is 0 Å². The van der Waals surface area contributed by atoms with Crippen LogP contribution in [0.4, 0.5) is 0 Å². The van der Waals surface area contributed by atoms with Crippen LogP contribution in [-0.4, -0.2) is 16.1 Å². The predicted molar refractivity (Wildman–Crippen MR) is 74.1 cm³/mol. The molecule has 92 valence electrons. The smallest absolute Gasteiger partial charge is 0.336 e. The minimum atomic E-state index is -0.920. The lowest BCUT2D eigenvalue weighted by Crippen LogP contribution is -1.99. The third-order valence-electron chi connectivity index (χ3n) is 3.10. The highest BCUT2D eigenvalue weighted by Gasteiger charge is 2.12. The van der Waals surface area contributed by atoms with Crippen molar-refractivity contribution >= 4 is 16.9 Å². The first-order valence-electron chi connectivity index (χ1n) is 5.94. The summed E-state index contributed by atoms with van der Waals surface area (Å²) in [5, 5.41) is 10.2. The van der Waals surface area contributed by atoms with E-state index < -0.39 is 5.97 Å². The molecule has 2 aromatic carbocycles. The monoisotopic (exact) mass is 249 g/mol. The molecule has 0 aliphatic heterocycles. The van der Waals surface area contributed by atoms with E-state index in [4.69, 9.17) is 0 Å². The van der Waals surface area contributed by atoms with Crippen molar-refractivity contribution in [3.63, 3.8) is 0 Å². The molecular weight excluding hydrogens is 238 g/mol. The predicted octanol–water partition coefficient (Wildman–Crippen LogP) is 3.60. The molecule has 0 atom stereocenters. The molecule has 3 nitrogen and oxygen atoms in total. The van der Waals surface area contributed by atoms with Crippen molar-refractivity contribution in [2.45, 2.75) is 0 Å². The van der Waals surface area contributed by atoms with E-state index in [1.54, 1.807) is 18.3 Å². The molecular formula is C16H11NO2. The number of benzene rings is 2. The largest absolute Gasteiger partial charge is 0.478 e. The van der Waals surface area contributed by atoms with Crippen LogP contribution in [0.3, 0.4) is 0 Å². The summed E-state index contributed by atoms with van der Waals surface area (Å²) < 4.78 is 0. The summed E-state index contributed by atoms with van der Waals surface area (Å²) in [5.41, 5.74) is 2.77. The summed E-state index contributed by atoms with van der Waals surface area (Å²) >= 11 is 0.